The molecule has 3 unspecified atom stereocenters. The molecule has 7 nitrogen and oxygen atoms in total. The predicted molar refractivity (Wildman–Crippen MR) is 105 cm³/mol. The Labute approximate surface area is 170 Å². The summed E-state index contributed by atoms with van der Waals surface area (Å²) in [7, 11) is 4.77. The minimum atomic E-state index is -0.812. The summed E-state index contributed by atoms with van der Waals surface area (Å²) in [6, 6.07) is 9.81. The second-order valence-corrected chi connectivity index (χ2v) is 7.28. The van der Waals surface area contributed by atoms with Crippen LogP contribution in [0.15, 0.2) is 30.3 Å². The average Bonchev–Trinajstić information content (AvgIpc) is 3.34. The van der Waals surface area contributed by atoms with Crippen molar-refractivity contribution < 1.29 is 33.5 Å². The largest absolute Gasteiger partial charge is 0.493 e. The van der Waals surface area contributed by atoms with Crippen molar-refractivity contribution in [2.75, 3.05) is 34.7 Å². The predicted octanol–water partition coefficient (Wildman–Crippen LogP) is 2.81. The molecular weight excluding hydrogens is 376 g/mol. The van der Waals surface area contributed by atoms with Gasteiger partial charge in [0.15, 0.2) is 29.3 Å². The first kappa shape index (κ1) is 19.7. The summed E-state index contributed by atoms with van der Waals surface area (Å²) in [5.41, 5.74) is 2.12. The van der Waals surface area contributed by atoms with Crippen LogP contribution in [-0.2, 0) is 17.6 Å². The van der Waals surface area contributed by atoms with E-state index < -0.39 is 6.29 Å². The van der Waals surface area contributed by atoms with Crippen LogP contribution in [0.25, 0.3) is 0 Å². The molecule has 0 bridgehead atoms. The van der Waals surface area contributed by atoms with Gasteiger partial charge < -0.3 is 33.5 Å². The molecule has 0 radical (unpaired) electrons. The van der Waals surface area contributed by atoms with Crippen molar-refractivity contribution in [2.24, 2.45) is 11.8 Å². The van der Waals surface area contributed by atoms with Gasteiger partial charge in [0.25, 0.3) is 0 Å². The molecule has 2 aliphatic rings. The number of aliphatic hydroxyl groups is 1. The van der Waals surface area contributed by atoms with Crippen LogP contribution >= 0.6 is 0 Å². The van der Waals surface area contributed by atoms with E-state index in [4.69, 9.17) is 28.4 Å². The van der Waals surface area contributed by atoms with Crippen molar-refractivity contribution in [2.45, 2.75) is 19.1 Å². The summed E-state index contributed by atoms with van der Waals surface area (Å²) in [6.07, 6.45) is 0.601. The molecule has 7 heteroatoms. The summed E-state index contributed by atoms with van der Waals surface area (Å²) in [5, 5.41) is 10.5. The molecule has 0 amide bonds. The highest BCUT2D eigenvalue weighted by Gasteiger charge is 2.36. The molecule has 2 aliphatic heterocycles. The molecule has 0 aromatic heterocycles. The Hall–Kier alpha value is -2.64. The third-order valence-corrected chi connectivity index (χ3v) is 5.58. The number of methoxy groups -OCH3 is 3. The van der Waals surface area contributed by atoms with Gasteiger partial charge in [-0.2, -0.15) is 0 Å². The maximum absolute atomic E-state index is 10.5. The van der Waals surface area contributed by atoms with E-state index in [9.17, 15) is 5.11 Å². The monoisotopic (exact) mass is 402 g/mol. The van der Waals surface area contributed by atoms with E-state index in [1.165, 1.54) is 0 Å². The lowest BCUT2D eigenvalue weighted by Gasteiger charge is -2.21. The first-order valence-corrected chi connectivity index (χ1v) is 9.60. The summed E-state index contributed by atoms with van der Waals surface area (Å²) < 4.78 is 32.7. The molecule has 0 aliphatic carbocycles. The fraction of sp³-hybridized carbons (Fsp3) is 0.455. The van der Waals surface area contributed by atoms with Crippen LogP contribution in [0.2, 0.25) is 0 Å². The Morgan fingerprint density at radius 3 is 2.31 bits per heavy atom. The van der Waals surface area contributed by atoms with Crippen LogP contribution < -0.4 is 23.7 Å². The Balaban J connectivity index is 1.53. The molecule has 2 aromatic rings. The van der Waals surface area contributed by atoms with Crippen molar-refractivity contribution in [1.29, 1.82) is 0 Å². The average molecular weight is 402 g/mol. The smallest absolute Gasteiger partial charge is 0.231 e. The van der Waals surface area contributed by atoms with Gasteiger partial charge in [0.1, 0.15) is 0 Å². The van der Waals surface area contributed by atoms with Gasteiger partial charge in [0.2, 0.25) is 12.5 Å². The van der Waals surface area contributed by atoms with Crippen molar-refractivity contribution >= 4 is 0 Å². The highest BCUT2D eigenvalue weighted by Crippen LogP contribution is 2.41. The number of hydrogen-bond donors (Lipinski definition) is 1. The summed E-state index contributed by atoms with van der Waals surface area (Å²) in [4.78, 5) is 0. The summed E-state index contributed by atoms with van der Waals surface area (Å²) in [5.74, 6) is 3.41. The topological polar surface area (TPSA) is 75.6 Å². The maximum atomic E-state index is 10.5. The zero-order chi connectivity index (χ0) is 20.4. The van der Waals surface area contributed by atoms with Gasteiger partial charge in [0, 0.05) is 5.92 Å². The van der Waals surface area contributed by atoms with Gasteiger partial charge >= 0.3 is 0 Å². The van der Waals surface area contributed by atoms with Crippen LogP contribution in [0, 0.1) is 11.8 Å². The van der Waals surface area contributed by atoms with Crippen molar-refractivity contribution in [3.63, 3.8) is 0 Å². The molecular formula is C22H26O7. The van der Waals surface area contributed by atoms with Crippen LogP contribution in [0.5, 0.6) is 28.7 Å². The van der Waals surface area contributed by atoms with E-state index in [0.717, 1.165) is 29.0 Å². The number of aliphatic hydroxyl groups excluding tert-OH is 1. The Kier molecular flexibility index (Phi) is 5.69. The van der Waals surface area contributed by atoms with Crippen LogP contribution in [0.4, 0.5) is 0 Å². The second kappa shape index (κ2) is 8.39. The number of rotatable bonds is 7. The molecule has 29 heavy (non-hydrogen) atoms. The van der Waals surface area contributed by atoms with E-state index in [-0.39, 0.29) is 18.6 Å². The van der Waals surface area contributed by atoms with E-state index >= 15 is 0 Å². The third kappa shape index (κ3) is 3.93. The zero-order valence-corrected chi connectivity index (χ0v) is 16.8. The van der Waals surface area contributed by atoms with E-state index in [0.29, 0.717) is 30.3 Å². The van der Waals surface area contributed by atoms with Gasteiger partial charge in [-0.25, -0.2) is 0 Å². The lowest BCUT2D eigenvalue weighted by atomic mass is 9.84. The minimum absolute atomic E-state index is 0.0526. The van der Waals surface area contributed by atoms with E-state index in [2.05, 4.69) is 0 Å². The molecule has 0 spiro atoms. The first-order chi connectivity index (χ1) is 14.1. The number of benzene rings is 2. The Morgan fingerprint density at radius 1 is 0.897 bits per heavy atom. The molecule has 1 fully saturated rings. The van der Waals surface area contributed by atoms with Crippen molar-refractivity contribution in [1.82, 2.24) is 0 Å². The van der Waals surface area contributed by atoms with Gasteiger partial charge in [-0.15, -0.1) is 0 Å². The minimum Gasteiger partial charge on any atom is -0.493 e. The lowest BCUT2D eigenvalue weighted by Crippen LogP contribution is -2.24. The first-order valence-electron chi connectivity index (χ1n) is 9.60. The van der Waals surface area contributed by atoms with Crippen molar-refractivity contribution in [3.8, 4) is 28.7 Å². The lowest BCUT2D eigenvalue weighted by molar-refractivity contribution is -0.0820. The fourth-order valence-corrected chi connectivity index (χ4v) is 4.08. The summed E-state index contributed by atoms with van der Waals surface area (Å²) in [6.45, 7) is 0.762. The highest BCUT2D eigenvalue weighted by atomic mass is 16.7. The number of hydrogen-bond acceptors (Lipinski definition) is 7. The van der Waals surface area contributed by atoms with Gasteiger partial charge in [-0.3, -0.25) is 0 Å². The molecule has 3 atom stereocenters. The number of ether oxygens (including phenoxy) is 6. The molecule has 2 aromatic carbocycles. The molecule has 4 rings (SSSR count). The number of fused-ring (bicyclic) bond motifs is 1. The summed E-state index contributed by atoms with van der Waals surface area (Å²) >= 11 is 0. The second-order valence-electron chi connectivity index (χ2n) is 7.28. The van der Waals surface area contributed by atoms with Crippen molar-refractivity contribution in [3.05, 3.63) is 41.5 Å². The zero-order valence-electron chi connectivity index (χ0n) is 16.8. The molecule has 156 valence electrons. The molecule has 1 N–H and O–H groups in total. The quantitative estimate of drug-likeness (QED) is 0.763. The molecule has 1 saturated heterocycles. The van der Waals surface area contributed by atoms with E-state index in [1.54, 1.807) is 21.3 Å². The van der Waals surface area contributed by atoms with Gasteiger partial charge in [-0.05, 0) is 54.2 Å². The Morgan fingerprint density at radius 2 is 1.62 bits per heavy atom. The van der Waals surface area contributed by atoms with Crippen LogP contribution in [-0.4, -0.2) is 46.1 Å². The Bertz CT molecular complexity index is 841. The molecule has 0 saturated carbocycles. The third-order valence-electron chi connectivity index (χ3n) is 5.58. The van der Waals surface area contributed by atoms with Crippen LogP contribution in [0.1, 0.15) is 11.1 Å². The fourth-order valence-electron chi connectivity index (χ4n) is 4.08. The standard InChI is InChI=1S/C22H26O7/c1-24-19-9-14(10-20(25-2)21(19)26-3)7-16-15(11-27-22(16)23)6-13-4-5-17-18(8-13)29-12-28-17/h4-5,8-10,15-16,22-23H,6-7,11-12H2,1-3H3. The van der Waals surface area contributed by atoms with Crippen LogP contribution in [0.3, 0.4) is 0 Å². The highest BCUT2D eigenvalue weighted by molar-refractivity contribution is 5.54. The maximum Gasteiger partial charge on any atom is 0.231 e. The van der Waals surface area contributed by atoms with Gasteiger partial charge in [0.05, 0.1) is 27.9 Å². The molecule has 2 heterocycles. The van der Waals surface area contributed by atoms with E-state index in [1.807, 2.05) is 30.3 Å². The van der Waals surface area contributed by atoms with Gasteiger partial charge in [-0.1, -0.05) is 6.07 Å². The SMILES string of the molecule is COc1cc(CC2C(Cc3ccc4c(c3)OCO4)COC2O)cc(OC)c1OC. The normalized spacial score (nSPS) is 22.6.